The molecule has 0 N–H and O–H groups in total. The van der Waals surface area contributed by atoms with Gasteiger partial charge in [0.05, 0.1) is 15.9 Å². The molecule has 0 unspecified atom stereocenters. The number of rotatable bonds is 6. The molecule has 1 aromatic carbocycles. The number of nitro groups is 1. The van der Waals surface area contributed by atoms with Crippen molar-refractivity contribution in [3.8, 4) is 11.3 Å². The summed E-state index contributed by atoms with van der Waals surface area (Å²) in [4.78, 5) is 48.2. The number of thioether (sulfide) groups is 1. The number of ether oxygens (including phenoxy) is 1. The Morgan fingerprint density at radius 1 is 1.29 bits per heavy atom. The number of carbonyl (C=O) groups excluding carboxylic acids is 3. The van der Waals surface area contributed by atoms with E-state index in [1.807, 2.05) is 0 Å². The lowest BCUT2D eigenvalue weighted by molar-refractivity contribution is -0.385. The number of carbonyl (C=O) groups is 3. The van der Waals surface area contributed by atoms with Crippen LogP contribution in [0.5, 0.6) is 0 Å². The second-order valence-corrected chi connectivity index (χ2v) is 8.20. The molecule has 0 bridgehead atoms. The van der Waals surface area contributed by atoms with E-state index in [1.54, 1.807) is 45.9 Å². The van der Waals surface area contributed by atoms with Crippen LogP contribution in [-0.4, -0.2) is 39.6 Å². The molecule has 2 heterocycles. The van der Waals surface area contributed by atoms with Crippen LogP contribution in [0.15, 0.2) is 33.6 Å². The third kappa shape index (κ3) is 4.85. The highest BCUT2D eigenvalue weighted by Crippen LogP contribution is 2.34. The Bertz CT molecular complexity index is 1120. The monoisotopic (exact) mass is 444 g/mol. The first-order valence-electron chi connectivity index (χ1n) is 9.37. The number of esters is 1. The van der Waals surface area contributed by atoms with E-state index in [4.69, 9.17) is 9.15 Å². The summed E-state index contributed by atoms with van der Waals surface area (Å²) in [5, 5.41) is 10.7. The maximum Gasteiger partial charge on any atom is 0.326 e. The summed E-state index contributed by atoms with van der Waals surface area (Å²) < 4.78 is 10.7. The summed E-state index contributed by atoms with van der Waals surface area (Å²) in [6, 6.07) is 6.43. The number of aryl methyl sites for hydroxylation is 1. The Balaban J connectivity index is 1.82. The molecule has 3 rings (SSSR count). The zero-order chi connectivity index (χ0) is 22.9. The van der Waals surface area contributed by atoms with Crippen molar-refractivity contribution in [2.45, 2.75) is 33.8 Å². The van der Waals surface area contributed by atoms with Crippen LogP contribution >= 0.6 is 11.8 Å². The lowest BCUT2D eigenvalue weighted by atomic mass is 10.0. The Hall–Kier alpha value is -3.40. The Labute approximate surface area is 182 Å². The molecule has 162 valence electrons. The van der Waals surface area contributed by atoms with Crippen molar-refractivity contribution in [3.05, 3.63) is 56.2 Å². The average Bonchev–Trinajstić information content (AvgIpc) is 3.23. The van der Waals surface area contributed by atoms with Crippen LogP contribution < -0.4 is 0 Å². The summed E-state index contributed by atoms with van der Waals surface area (Å²) in [6.07, 6.45) is 1.04. The molecule has 1 saturated heterocycles. The molecule has 1 fully saturated rings. The molecule has 0 atom stereocenters. The van der Waals surface area contributed by atoms with Crippen LogP contribution in [0.3, 0.4) is 0 Å². The van der Waals surface area contributed by atoms with E-state index < -0.39 is 28.6 Å². The molecule has 0 radical (unpaired) electrons. The zero-order valence-electron chi connectivity index (χ0n) is 17.3. The molecular weight excluding hydrogens is 424 g/mol. The van der Waals surface area contributed by atoms with E-state index in [0.717, 1.165) is 10.5 Å². The van der Waals surface area contributed by atoms with Gasteiger partial charge >= 0.3 is 5.97 Å². The van der Waals surface area contributed by atoms with Gasteiger partial charge in [-0.15, -0.1) is 0 Å². The third-order valence-corrected chi connectivity index (χ3v) is 5.46. The number of hydrogen-bond acceptors (Lipinski definition) is 8. The summed E-state index contributed by atoms with van der Waals surface area (Å²) in [6.45, 7) is 6.33. The lowest BCUT2D eigenvalue weighted by Gasteiger charge is -2.13. The average molecular weight is 444 g/mol. The first-order valence-corrected chi connectivity index (χ1v) is 10.2. The SMILES string of the molecule is Cc1cc(-c2ccc(/C=C3/SC(=O)N(CC(=O)OC(C)C)C3=O)o2)cc([N+](=O)[O-])c1C. The van der Waals surface area contributed by atoms with Gasteiger partial charge in [0.1, 0.15) is 18.1 Å². The maximum absolute atomic E-state index is 12.5. The van der Waals surface area contributed by atoms with E-state index in [-0.39, 0.29) is 16.7 Å². The van der Waals surface area contributed by atoms with Crippen LogP contribution in [-0.2, 0) is 14.3 Å². The standard InChI is InChI=1S/C21H20N2O7S/c1-11(2)29-19(24)10-22-20(25)18(31-21(22)26)9-15-5-6-17(30-15)14-7-12(3)13(4)16(8-14)23(27)28/h5-9,11H,10H2,1-4H3/b18-9+. The van der Waals surface area contributed by atoms with E-state index in [0.29, 0.717) is 34.4 Å². The first kappa shape index (κ1) is 22.3. The molecule has 1 aromatic heterocycles. The largest absolute Gasteiger partial charge is 0.462 e. The summed E-state index contributed by atoms with van der Waals surface area (Å²) in [5.74, 6) is -0.603. The van der Waals surface area contributed by atoms with Crippen molar-refractivity contribution >= 4 is 40.6 Å². The van der Waals surface area contributed by atoms with Crippen molar-refractivity contribution in [2.24, 2.45) is 0 Å². The van der Waals surface area contributed by atoms with E-state index in [2.05, 4.69) is 0 Å². The highest BCUT2D eigenvalue weighted by Gasteiger charge is 2.37. The highest BCUT2D eigenvalue weighted by atomic mass is 32.2. The molecule has 31 heavy (non-hydrogen) atoms. The quantitative estimate of drug-likeness (QED) is 0.277. The van der Waals surface area contributed by atoms with Crippen LogP contribution in [0.25, 0.3) is 17.4 Å². The van der Waals surface area contributed by atoms with Gasteiger partial charge in [0.15, 0.2) is 0 Å². The van der Waals surface area contributed by atoms with Crippen LogP contribution in [0.4, 0.5) is 10.5 Å². The third-order valence-electron chi connectivity index (χ3n) is 4.55. The molecular formula is C21H20N2O7S. The number of furan rings is 1. The number of benzene rings is 1. The molecule has 9 nitrogen and oxygen atoms in total. The van der Waals surface area contributed by atoms with Gasteiger partial charge < -0.3 is 9.15 Å². The molecule has 2 amide bonds. The van der Waals surface area contributed by atoms with Crippen molar-refractivity contribution in [1.29, 1.82) is 0 Å². The number of hydrogen-bond donors (Lipinski definition) is 0. The van der Waals surface area contributed by atoms with Gasteiger partial charge in [-0.3, -0.25) is 29.4 Å². The van der Waals surface area contributed by atoms with E-state index in [9.17, 15) is 24.5 Å². The van der Waals surface area contributed by atoms with E-state index >= 15 is 0 Å². The number of nitro benzene ring substituents is 1. The van der Waals surface area contributed by atoms with Crippen molar-refractivity contribution in [1.82, 2.24) is 4.90 Å². The van der Waals surface area contributed by atoms with Gasteiger partial charge in [-0.1, -0.05) is 0 Å². The normalized spacial score (nSPS) is 15.3. The number of imide groups is 1. The molecule has 0 aliphatic carbocycles. The molecule has 10 heteroatoms. The summed E-state index contributed by atoms with van der Waals surface area (Å²) in [5.41, 5.74) is 1.84. The minimum absolute atomic E-state index is 0.0117. The van der Waals surface area contributed by atoms with Crippen LogP contribution in [0, 0.1) is 24.0 Å². The van der Waals surface area contributed by atoms with Crippen molar-refractivity contribution in [3.63, 3.8) is 0 Å². The highest BCUT2D eigenvalue weighted by molar-refractivity contribution is 8.18. The van der Waals surface area contributed by atoms with Gasteiger partial charge in [-0.05, 0) is 63.2 Å². The second kappa shape index (κ2) is 8.76. The number of amides is 2. The predicted octanol–water partition coefficient (Wildman–Crippen LogP) is 4.46. The van der Waals surface area contributed by atoms with Gasteiger partial charge in [-0.2, -0.15) is 0 Å². The summed E-state index contributed by atoms with van der Waals surface area (Å²) in [7, 11) is 0. The summed E-state index contributed by atoms with van der Waals surface area (Å²) >= 11 is 0.695. The Morgan fingerprint density at radius 3 is 2.65 bits per heavy atom. The first-order chi connectivity index (χ1) is 14.6. The van der Waals surface area contributed by atoms with Crippen LogP contribution in [0.1, 0.15) is 30.7 Å². The molecule has 1 aliphatic rings. The van der Waals surface area contributed by atoms with Crippen molar-refractivity contribution < 1.29 is 28.5 Å². The lowest BCUT2D eigenvalue weighted by Crippen LogP contribution is -2.35. The minimum atomic E-state index is -0.671. The molecule has 0 saturated carbocycles. The minimum Gasteiger partial charge on any atom is -0.462 e. The fourth-order valence-electron chi connectivity index (χ4n) is 2.95. The Kier molecular flexibility index (Phi) is 6.30. The fourth-order valence-corrected chi connectivity index (χ4v) is 3.77. The van der Waals surface area contributed by atoms with Gasteiger partial charge in [-0.25, -0.2) is 0 Å². The van der Waals surface area contributed by atoms with Gasteiger partial charge in [0, 0.05) is 23.3 Å². The van der Waals surface area contributed by atoms with Crippen molar-refractivity contribution in [2.75, 3.05) is 6.54 Å². The van der Waals surface area contributed by atoms with Gasteiger partial charge in [0.25, 0.3) is 16.8 Å². The predicted molar refractivity (Wildman–Crippen MR) is 114 cm³/mol. The Morgan fingerprint density at radius 2 is 2.00 bits per heavy atom. The smallest absolute Gasteiger partial charge is 0.326 e. The van der Waals surface area contributed by atoms with E-state index in [1.165, 1.54) is 12.1 Å². The second-order valence-electron chi connectivity index (χ2n) is 7.20. The molecule has 1 aliphatic heterocycles. The van der Waals surface area contributed by atoms with Crippen LogP contribution in [0.2, 0.25) is 0 Å². The topological polar surface area (TPSA) is 120 Å². The molecule has 0 spiro atoms. The fraction of sp³-hybridized carbons (Fsp3) is 0.286. The number of nitrogens with zero attached hydrogens (tertiary/aromatic N) is 2. The van der Waals surface area contributed by atoms with Gasteiger partial charge in [0.2, 0.25) is 0 Å². The molecule has 2 aromatic rings. The maximum atomic E-state index is 12.5. The zero-order valence-corrected chi connectivity index (χ0v) is 18.1.